The number of alkyl halides is 4. The largest absolute Gasteiger partial charge is 0.464 e. The van der Waals surface area contributed by atoms with Crippen LogP contribution in [0, 0.1) is 0 Å². The summed E-state index contributed by atoms with van der Waals surface area (Å²) in [5, 5.41) is 8.74. The number of carbonyl (C=O) groups excluding carboxylic acids is 1. The molecule has 0 aromatic carbocycles. The molecule has 0 saturated heterocycles. The number of carbonyl (C=O) groups is 1. The van der Waals surface area contributed by atoms with Crippen LogP contribution >= 0.6 is 0 Å². The highest BCUT2D eigenvalue weighted by Gasteiger charge is 2.40. The Bertz CT molecular complexity index is 411. The smallest absolute Gasteiger partial charge is 0.358 e. The van der Waals surface area contributed by atoms with Gasteiger partial charge in [-0.05, 0) is 12.1 Å². The summed E-state index contributed by atoms with van der Waals surface area (Å²) in [6.45, 7) is -1.28. The van der Waals surface area contributed by atoms with Gasteiger partial charge in [0.2, 0.25) is 0 Å². The Kier molecular flexibility index (Phi) is 4.40. The lowest BCUT2D eigenvalue weighted by Gasteiger charge is -2.15. The second-order valence-corrected chi connectivity index (χ2v) is 3.21. The molecule has 0 bridgehead atoms. The van der Waals surface area contributed by atoms with Gasteiger partial charge in [-0.25, -0.2) is 13.6 Å². The minimum atomic E-state index is -4.16. The number of esters is 1. The minimum absolute atomic E-state index is 0.122. The molecule has 9 heteroatoms. The van der Waals surface area contributed by atoms with Crippen LogP contribution in [0.3, 0.4) is 0 Å². The minimum Gasteiger partial charge on any atom is -0.464 e. The number of methoxy groups -OCH3 is 1. The SMILES string of the molecule is COC(=O)c1ccc(NCC(F)(F)C(F)F)nn1. The Morgan fingerprint density at radius 1 is 1.44 bits per heavy atom. The summed E-state index contributed by atoms with van der Waals surface area (Å²) in [6.07, 6.45) is -3.77. The van der Waals surface area contributed by atoms with Crippen molar-refractivity contribution in [3.05, 3.63) is 17.8 Å². The molecule has 0 aliphatic heterocycles. The molecule has 1 aromatic heterocycles. The Morgan fingerprint density at radius 2 is 2.11 bits per heavy atom. The number of halogens is 4. The van der Waals surface area contributed by atoms with E-state index in [1.54, 1.807) is 0 Å². The molecule has 18 heavy (non-hydrogen) atoms. The first-order valence-corrected chi connectivity index (χ1v) is 4.68. The van der Waals surface area contributed by atoms with Crippen LogP contribution in [-0.4, -0.2) is 42.2 Å². The first-order valence-electron chi connectivity index (χ1n) is 4.68. The van der Waals surface area contributed by atoms with Crippen LogP contribution in [0.15, 0.2) is 12.1 Å². The molecule has 0 spiro atoms. The highest BCUT2D eigenvalue weighted by molar-refractivity contribution is 5.86. The van der Waals surface area contributed by atoms with E-state index in [-0.39, 0.29) is 11.5 Å². The molecule has 1 aromatic rings. The predicted octanol–water partition coefficient (Wildman–Crippen LogP) is 1.58. The van der Waals surface area contributed by atoms with Gasteiger partial charge in [-0.1, -0.05) is 0 Å². The van der Waals surface area contributed by atoms with E-state index < -0.39 is 24.9 Å². The molecule has 0 amide bonds. The summed E-state index contributed by atoms with van der Waals surface area (Å²) >= 11 is 0. The van der Waals surface area contributed by atoms with Crippen molar-refractivity contribution in [1.29, 1.82) is 0 Å². The van der Waals surface area contributed by atoms with Crippen molar-refractivity contribution in [3.63, 3.8) is 0 Å². The van der Waals surface area contributed by atoms with Crippen molar-refractivity contribution in [1.82, 2.24) is 10.2 Å². The molecule has 0 fully saturated rings. The molecule has 0 unspecified atom stereocenters. The fourth-order valence-corrected chi connectivity index (χ4v) is 0.926. The summed E-state index contributed by atoms with van der Waals surface area (Å²) in [7, 11) is 1.14. The Morgan fingerprint density at radius 3 is 2.56 bits per heavy atom. The van der Waals surface area contributed by atoms with Gasteiger partial charge in [0.05, 0.1) is 13.7 Å². The van der Waals surface area contributed by atoms with E-state index >= 15 is 0 Å². The maximum Gasteiger partial charge on any atom is 0.358 e. The summed E-state index contributed by atoms with van der Waals surface area (Å²) in [4.78, 5) is 11.0. The van der Waals surface area contributed by atoms with Crippen LogP contribution in [0.5, 0.6) is 0 Å². The quantitative estimate of drug-likeness (QED) is 0.648. The highest BCUT2D eigenvalue weighted by atomic mass is 19.3. The fraction of sp³-hybridized carbons (Fsp3) is 0.444. The third kappa shape index (κ3) is 3.54. The molecule has 0 aliphatic carbocycles. The van der Waals surface area contributed by atoms with Gasteiger partial charge in [0.1, 0.15) is 5.82 Å². The molecule has 5 nitrogen and oxygen atoms in total. The van der Waals surface area contributed by atoms with Crippen LogP contribution in [0.4, 0.5) is 23.4 Å². The van der Waals surface area contributed by atoms with Crippen molar-refractivity contribution in [2.45, 2.75) is 12.3 Å². The lowest BCUT2D eigenvalue weighted by atomic mass is 10.3. The molecule has 1 rings (SSSR count). The van der Waals surface area contributed by atoms with E-state index in [4.69, 9.17) is 0 Å². The predicted molar refractivity (Wildman–Crippen MR) is 52.8 cm³/mol. The normalized spacial score (nSPS) is 11.4. The lowest BCUT2D eigenvalue weighted by Crippen LogP contribution is -2.35. The first-order chi connectivity index (χ1) is 8.36. The van der Waals surface area contributed by atoms with Gasteiger partial charge < -0.3 is 10.1 Å². The zero-order valence-corrected chi connectivity index (χ0v) is 9.16. The number of anilines is 1. The average Bonchev–Trinajstić information content (AvgIpc) is 2.36. The zero-order valence-electron chi connectivity index (χ0n) is 9.16. The van der Waals surface area contributed by atoms with Crippen molar-refractivity contribution in [2.75, 3.05) is 19.0 Å². The maximum atomic E-state index is 12.6. The van der Waals surface area contributed by atoms with E-state index in [0.717, 1.165) is 13.2 Å². The van der Waals surface area contributed by atoms with Crippen molar-refractivity contribution < 1.29 is 27.1 Å². The van der Waals surface area contributed by atoms with E-state index in [9.17, 15) is 22.4 Å². The standard InChI is InChI=1S/C9H9F4N3O2/c1-18-7(17)5-2-3-6(16-15-5)14-4-9(12,13)8(10)11/h2-3,8H,4H2,1H3,(H,14,16). The third-order valence-corrected chi connectivity index (χ3v) is 1.88. The summed E-state index contributed by atoms with van der Waals surface area (Å²) in [5.41, 5.74) is -0.122. The molecule has 1 heterocycles. The fourth-order valence-electron chi connectivity index (χ4n) is 0.926. The number of hydrogen-bond donors (Lipinski definition) is 1. The number of nitrogens with zero attached hydrogens (tertiary/aromatic N) is 2. The lowest BCUT2D eigenvalue weighted by molar-refractivity contribution is -0.117. The van der Waals surface area contributed by atoms with Crippen molar-refractivity contribution in [2.24, 2.45) is 0 Å². The van der Waals surface area contributed by atoms with Gasteiger partial charge in [0, 0.05) is 0 Å². The van der Waals surface area contributed by atoms with Crippen molar-refractivity contribution in [3.8, 4) is 0 Å². The molecular weight excluding hydrogens is 258 g/mol. The first kappa shape index (κ1) is 14.1. The topological polar surface area (TPSA) is 64.1 Å². The average molecular weight is 267 g/mol. The van der Waals surface area contributed by atoms with Gasteiger partial charge in [-0.2, -0.15) is 8.78 Å². The van der Waals surface area contributed by atoms with Gasteiger partial charge >= 0.3 is 18.3 Å². The van der Waals surface area contributed by atoms with Crippen LogP contribution in [0.1, 0.15) is 10.5 Å². The van der Waals surface area contributed by atoms with E-state index in [0.29, 0.717) is 0 Å². The third-order valence-electron chi connectivity index (χ3n) is 1.88. The van der Waals surface area contributed by atoms with Crippen molar-refractivity contribution >= 4 is 11.8 Å². The molecular formula is C9H9F4N3O2. The van der Waals surface area contributed by atoms with Gasteiger partial charge in [0.25, 0.3) is 0 Å². The van der Waals surface area contributed by atoms with Gasteiger partial charge in [0.15, 0.2) is 5.69 Å². The second kappa shape index (κ2) is 5.61. The number of rotatable bonds is 5. The Labute approximate surface area is 99.2 Å². The molecule has 0 atom stereocenters. The Balaban J connectivity index is 2.62. The number of nitrogens with one attached hydrogen (secondary N) is 1. The maximum absolute atomic E-state index is 12.6. The van der Waals surface area contributed by atoms with Crippen LogP contribution in [-0.2, 0) is 4.74 Å². The van der Waals surface area contributed by atoms with E-state index in [2.05, 4.69) is 14.9 Å². The van der Waals surface area contributed by atoms with Crippen LogP contribution in [0.2, 0.25) is 0 Å². The summed E-state index contributed by atoms with van der Waals surface area (Å²) in [6, 6.07) is 2.32. The summed E-state index contributed by atoms with van der Waals surface area (Å²) < 4.78 is 53.1. The van der Waals surface area contributed by atoms with Gasteiger partial charge in [-0.15, -0.1) is 10.2 Å². The van der Waals surface area contributed by atoms with Gasteiger partial charge in [-0.3, -0.25) is 0 Å². The zero-order chi connectivity index (χ0) is 13.8. The van der Waals surface area contributed by atoms with E-state index in [1.165, 1.54) is 6.07 Å². The number of aromatic nitrogens is 2. The molecule has 0 radical (unpaired) electrons. The number of hydrogen-bond acceptors (Lipinski definition) is 5. The molecule has 0 saturated carbocycles. The van der Waals surface area contributed by atoms with E-state index in [1.807, 2.05) is 5.32 Å². The monoisotopic (exact) mass is 267 g/mol. The molecule has 100 valence electrons. The number of ether oxygens (including phenoxy) is 1. The Hall–Kier alpha value is -1.93. The second-order valence-electron chi connectivity index (χ2n) is 3.21. The molecule has 0 aliphatic rings. The van der Waals surface area contributed by atoms with Crippen LogP contribution in [0.25, 0.3) is 0 Å². The summed E-state index contributed by atoms with van der Waals surface area (Å²) in [5.74, 6) is -5.06. The molecule has 1 N–H and O–H groups in total. The highest BCUT2D eigenvalue weighted by Crippen LogP contribution is 2.22. The van der Waals surface area contributed by atoms with Crippen LogP contribution < -0.4 is 5.32 Å².